The Morgan fingerprint density at radius 2 is 1.09 bits per heavy atom. The van der Waals surface area contributed by atoms with Gasteiger partial charge in [-0.05, 0) is 55.0 Å². The molecule has 0 fully saturated rings. The van der Waals surface area contributed by atoms with Crippen molar-refractivity contribution in [2.24, 2.45) is 0 Å². The van der Waals surface area contributed by atoms with Crippen LogP contribution in [0, 0.1) is 0 Å². The van der Waals surface area contributed by atoms with Crippen molar-refractivity contribution in [1.29, 1.82) is 0 Å². The van der Waals surface area contributed by atoms with E-state index in [9.17, 15) is 0 Å². The van der Waals surface area contributed by atoms with Gasteiger partial charge in [0.25, 0.3) is 0 Å². The molecular formula is C32H30O. The summed E-state index contributed by atoms with van der Waals surface area (Å²) in [6.45, 7) is 4.54. The number of hydrogen-bond acceptors (Lipinski definition) is 1. The molecule has 164 valence electrons. The topological polar surface area (TPSA) is 9.23 Å². The standard InChI is InChI=1S/C32H30O/c1-31(25-15-5-3-6-16-25,26-17-7-4-8-18-26)29-23-13-14-24-30(29)33-32(2,27-19-9-10-20-27)28-21-11-12-22-28/h3-19,21,23-24H,20,22H2,1-2H3. The molecule has 0 amide bonds. The third-order valence-corrected chi connectivity index (χ3v) is 7.21. The van der Waals surface area contributed by atoms with E-state index in [-0.39, 0.29) is 5.41 Å². The Kier molecular flexibility index (Phi) is 5.64. The molecule has 0 N–H and O–H groups in total. The zero-order chi connectivity index (χ0) is 22.7. The van der Waals surface area contributed by atoms with Gasteiger partial charge in [-0.15, -0.1) is 0 Å². The zero-order valence-electron chi connectivity index (χ0n) is 19.4. The maximum Gasteiger partial charge on any atom is 0.149 e. The highest BCUT2D eigenvalue weighted by Crippen LogP contribution is 2.46. The van der Waals surface area contributed by atoms with Crippen LogP contribution >= 0.6 is 0 Å². The summed E-state index contributed by atoms with van der Waals surface area (Å²) >= 11 is 0. The fourth-order valence-corrected chi connectivity index (χ4v) is 5.15. The second kappa shape index (κ2) is 8.75. The van der Waals surface area contributed by atoms with Crippen LogP contribution in [0.1, 0.15) is 43.4 Å². The Morgan fingerprint density at radius 3 is 1.58 bits per heavy atom. The average Bonchev–Trinajstić information content (AvgIpc) is 3.60. The number of hydrogen-bond donors (Lipinski definition) is 0. The van der Waals surface area contributed by atoms with Crippen LogP contribution in [-0.2, 0) is 5.41 Å². The van der Waals surface area contributed by atoms with Crippen molar-refractivity contribution in [1.82, 2.24) is 0 Å². The van der Waals surface area contributed by atoms with Crippen LogP contribution in [0.3, 0.4) is 0 Å². The summed E-state index contributed by atoms with van der Waals surface area (Å²) in [6, 6.07) is 30.1. The number of allylic oxidation sites excluding steroid dienone is 6. The minimum absolute atomic E-state index is 0.357. The van der Waals surface area contributed by atoms with Gasteiger partial charge in [0.1, 0.15) is 11.4 Å². The molecule has 0 unspecified atom stereocenters. The summed E-state index contributed by atoms with van der Waals surface area (Å²) in [5, 5.41) is 0. The van der Waals surface area contributed by atoms with Crippen molar-refractivity contribution in [2.75, 3.05) is 0 Å². The monoisotopic (exact) mass is 430 g/mol. The molecule has 0 spiro atoms. The van der Waals surface area contributed by atoms with Gasteiger partial charge in [-0.25, -0.2) is 0 Å². The molecule has 2 aliphatic carbocycles. The second-order valence-electron chi connectivity index (χ2n) is 9.14. The molecule has 0 saturated carbocycles. The molecule has 1 nitrogen and oxygen atoms in total. The molecule has 0 radical (unpaired) electrons. The van der Waals surface area contributed by atoms with E-state index in [0.29, 0.717) is 0 Å². The maximum atomic E-state index is 7.07. The van der Waals surface area contributed by atoms with Crippen LogP contribution < -0.4 is 4.74 Å². The lowest BCUT2D eigenvalue weighted by Gasteiger charge is -2.38. The average molecular weight is 431 g/mol. The minimum atomic E-state index is -0.489. The third kappa shape index (κ3) is 3.78. The Bertz CT molecular complexity index is 1170. The Balaban J connectivity index is 1.66. The number of rotatable bonds is 7. The zero-order valence-corrected chi connectivity index (χ0v) is 19.4. The SMILES string of the molecule is CC(Oc1ccccc1C(C)(c1ccccc1)c1ccccc1)(C1=CC=CC1)C1=CC=CC1. The molecule has 33 heavy (non-hydrogen) atoms. The molecule has 0 bridgehead atoms. The van der Waals surface area contributed by atoms with Crippen molar-refractivity contribution < 1.29 is 4.74 Å². The van der Waals surface area contributed by atoms with E-state index >= 15 is 0 Å². The second-order valence-corrected chi connectivity index (χ2v) is 9.14. The molecule has 0 heterocycles. The number of benzene rings is 3. The lowest BCUT2D eigenvalue weighted by atomic mass is 9.70. The van der Waals surface area contributed by atoms with Crippen LogP contribution in [0.5, 0.6) is 5.75 Å². The van der Waals surface area contributed by atoms with Gasteiger partial charge in [0, 0.05) is 11.0 Å². The Hall–Kier alpha value is -3.58. The van der Waals surface area contributed by atoms with Gasteiger partial charge in [-0.2, -0.15) is 0 Å². The lowest BCUT2D eigenvalue weighted by molar-refractivity contribution is 0.159. The van der Waals surface area contributed by atoms with Crippen molar-refractivity contribution in [3.8, 4) is 5.75 Å². The molecule has 0 aromatic heterocycles. The van der Waals surface area contributed by atoms with Gasteiger partial charge in [0.15, 0.2) is 0 Å². The van der Waals surface area contributed by atoms with Crippen LogP contribution in [0.2, 0.25) is 0 Å². The molecule has 3 aromatic carbocycles. The molecule has 5 rings (SSSR count). The van der Waals surface area contributed by atoms with E-state index in [0.717, 1.165) is 18.6 Å². The van der Waals surface area contributed by atoms with Gasteiger partial charge in [-0.3, -0.25) is 0 Å². The van der Waals surface area contributed by atoms with Crippen LogP contribution in [-0.4, -0.2) is 5.60 Å². The van der Waals surface area contributed by atoms with Gasteiger partial charge >= 0.3 is 0 Å². The summed E-state index contributed by atoms with van der Waals surface area (Å²) in [7, 11) is 0. The molecule has 2 aliphatic rings. The molecule has 0 atom stereocenters. The fraction of sp³-hybridized carbons (Fsp3) is 0.188. The first-order chi connectivity index (χ1) is 16.1. The number of para-hydroxylation sites is 1. The van der Waals surface area contributed by atoms with E-state index < -0.39 is 5.60 Å². The Morgan fingerprint density at radius 1 is 0.606 bits per heavy atom. The summed E-state index contributed by atoms with van der Waals surface area (Å²) < 4.78 is 7.07. The lowest BCUT2D eigenvalue weighted by Crippen LogP contribution is -2.37. The first-order valence-electron chi connectivity index (χ1n) is 11.7. The van der Waals surface area contributed by atoms with E-state index in [1.165, 1.54) is 27.8 Å². The molecule has 0 saturated heterocycles. The van der Waals surface area contributed by atoms with Gasteiger partial charge in [0.05, 0.1) is 0 Å². The summed E-state index contributed by atoms with van der Waals surface area (Å²) in [6.07, 6.45) is 15.0. The summed E-state index contributed by atoms with van der Waals surface area (Å²) in [5.74, 6) is 0.927. The van der Waals surface area contributed by atoms with E-state index in [4.69, 9.17) is 4.74 Å². The van der Waals surface area contributed by atoms with Crippen molar-refractivity contribution >= 4 is 0 Å². The van der Waals surface area contributed by atoms with E-state index in [1.54, 1.807) is 0 Å². The van der Waals surface area contributed by atoms with Gasteiger partial charge < -0.3 is 4.74 Å². The first-order valence-corrected chi connectivity index (χ1v) is 11.7. The molecule has 0 aliphatic heterocycles. The van der Waals surface area contributed by atoms with E-state index in [2.05, 4.69) is 135 Å². The molecule has 1 heteroatoms. The highest BCUT2D eigenvalue weighted by atomic mass is 16.5. The van der Waals surface area contributed by atoms with Crippen molar-refractivity contribution in [3.05, 3.63) is 149 Å². The predicted octanol–water partition coefficient (Wildman–Crippen LogP) is 7.95. The highest BCUT2D eigenvalue weighted by Gasteiger charge is 2.39. The smallest absolute Gasteiger partial charge is 0.149 e. The summed E-state index contributed by atoms with van der Waals surface area (Å²) in [4.78, 5) is 0. The predicted molar refractivity (Wildman–Crippen MR) is 138 cm³/mol. The molecule has 3 aromatic rings. The van der Waals surface area contributed by atoms with Crippen LogP contribution in [0.4, 0.5) is 0 Å². The van der Waals surface area contributed by atoms with Gasteiger partial charge in [-0.1, -0.05) is 115 Å². The van der Waals surface area contributed by atoms with Crippen molar-refractivity contribution in [3.63, 3.8) is 0 Å². The van der Waals surface area contributed by atoms with Crippen molar-refractivity contribution in [2.45, 2.75) is 37.7 Å². The van der Waals surface area contributed by atoms with Gasteiger partial charge in [0.2, 0.25) is 0 Å². The highest BCUT2D eigenvalue weighted by molar-refractivity contribution is 5.55. The van der Waals surface area contributed by atoms with Crippen LogP contribution in [0.15, 0.2) is 133 Å². The maximum absolute atomic E-state index is 7.07. The Labute approximate surface area is 197 Å². The third-order valence-electron chi connectivity index (χ3n) is 7.21. The normalized spacial score (nSPS) is 15.5. The quantitative estimate of drug-likeness (QED) is 0.346. The molecular weight excluding hydrogens is 400 g/mol. The minimum Gasteiger partial charge on any atom is -0.478 e. The number of ether oxygens (including phenoxy) is 1. The largest absolute Gasteiger partial charge is 0.478 e. The van der Waals surface area contributed by atoms with E-state index in [1.807, 2.05) is 0 Å². The van der Waals surface area contributed by atoms with Crippen LogP contribution in [0.25, 0.3) is 0 Å². The first kappa shape index (κ1) is 21.3. The summed E-state index contributed by atoms with van der Waals surface area (Å²) in [5.41, 5.74) is 5.42. The fourth-order valence-electron chi connectivity index (χ4n) is 5.15.